The van der Waals surface area contributed by atoms with Gasteiger partial charge >= 0.3 is 0 Å². The van der Waals surface area contributed by atoms with Crippen molar-refractivity contribution in [3.8, 4) is 0 Å². The van der Waals surface area contributed by atoms with E-state index in [-0.39, 0.29) is 0 Å². The van der Waals surface area contributed by atoms with Crippen molar-refractivity contribution in [2.24, 2.45) is 5.41 Å². The van der Waals surface area contributed by atoms with Crippen LogP contribution in [0.2, 0.25) is 0 Å². The Morgan fingerprint density at radius 1 is 1.50 bits per heavy atom. The number of unbranched alkanes of at least 4 members (excludes halogenated alkanes) is 1. The Morgan fingerprint density at radius 2 is 2.32 bits per heavy atom. The summed E-state index contributed by atoms with van der Waals surface area (Å²) in [5.74, 6) is 0.327. The van der Waals surface area contributed by atoms with Gasteiger partial charge in [-0.1, -0.05) is 6.08 Å². The Labute approximate surface area is 137 Å². The highest BCUT2D eigenvalue weighted by atomic mass is 32.1. The fraction of sp³-hybridized carbons (Fsp3) is 0.611. The number of carbonyl (C=O) groups excluding carboxylic acids is 1. The van der Waals surface area contributed by atoms with Gasteiger partial charge in [0.2, 0.25) is 5.91 Å². The summed E-state index contributed by atoms with van der Waals surface area (Å²) < 4.78 is 0. The topological polar surface area (TPSA) is 32.3 Å². The zero-order valence-corrected chi connectivity index (χ0v) is 14.0. The number of allylic oxidation sites excluding steroid dienone is 1. The molecule has 1 saturated heterocycles. The molecule has 3 rings (SSSR count). The predicted octanol–water partition coefficient (Wildman–Crippen LogP) is 3.58. The van der Waals surface area contributed by atoms with Crippen LogP contribution in [0.1, 0.15) is 44.1 Å². The van der Waals surface area contributed by atoms with Gasteiger partial charge in [0.15, 0.2) is 0 Å². The second-order valence-corrected chi connectivity index (χ2v) is 7.45. The Hall–Kier alpha value is -1.13. The zero-order chi connectivity index (χ0) is 15.4. The monoisotopic (exact) mass is 318 g/mol. The summed E-state index contributed by atoms with van der Waals surface area (Å²) in [6.45, 7) is 6.75. The summed E-state index contributed by atoms with van der Waals surface area (Å²) in [6.07, 6.45) is 8.05. The van der Waals surface area contributed by atoms with Crippen LogP contribution >= 0.6 is 11.3 Å². The highest BCUT2D eigenvalue weighted by Gasteiger charge is 2.57. The lowest BCUT2D eigenvalue weighted by atomic mass is 9.93. The van der Waals surface area contributed by atoms with E-state index in [1.54, 1.807) is 11.3 Å². The maximum atomic E-state index is 12.7. The molecule has 1 spiro atoms. The van der Waals surface area contributed by atoms with E-state index < -0.39 is 0 Å². The van der Waals surface area contributed by atoms with E-state index in [2.05, 4.69) is 33.6 Å². The van der Waals surface area contributed by atoms with E-state index in [0.29, 0.717) is 23.8 Å². The number of carbonyl (C=O) groups is 1. The van der Waals surface area contributed by atoms with E-state index in [0.717, 1.165) is 32.5 Å². The van der Waals surface area contributed by atoms with Gasteiger partial charge in [-0.2, -0.15) is 11.3 Å². The minimum Gasteiger partial charge on any atom is -0.335 e. The summed E-state index contributed by atoms with van der Waals surface area (Å²) in [5.41, 5.74) is 1.69. The maximum Gasteiger partial charge on any atom is 0.223 e. The molecule has 0 radical (unpaired) electrons. The maximum absolute atomic E-state index is 12.7. The Morgan fingerprint density at radius 3 is 3.00 bits per heavy atom. The van der Waals surface area contributed by atoms with Crippen LogP contribution in [-0.2, 0) is 11.3 Å². The molecule has 1 aromatic rings. The number of nitrogens with zero attached hydrogens (tertiary/aromatic N) is 1. The van der Waals surface area contributed by atoms with Crippen LogP contribution in [0.25, 0.3) is 0 Å². The van der Waals surface area contributed by atoms with Crippen LogP contribution < -0.4 is 5.32 Å². The number of hydrogen-bond acceptors (Lipinski definition) is 3. The summed E-state index contributed by atoms with van der Waals surface area (Å²) in [5, 5.41) is 7.71. The van der Waals surface area contributed by atoms with Crippen molar-refractivity contribution in [2.45, 2.75) is 51.1 Å². The van der Waals surface area contributed by atoms with Crippen LogP contribution in [0.4, 0.5) is 0 Å². The van der Waals surface area contributed by atoms with Crippen molar-refractivity contribution in [1.82, 2.24) is 10.2 Å². The lowest BCUT2D eigenvalue weighted by Gasteiger charge is -2.29. The fourth-order valence-electron chi connectivity index (χ4n) is 3.72. The molecule has 22 heavy (non-hydrogen) atoms. The molecule has 1 saturated carbocycles. The molecule has 1 unspecified atom stereocenters. The van der Waals surface area contributed by atoms with Crippen LogP contribution in [0.5, 0.6) is 0 Å². The van der Waals surface area contributed by atoms with Gasteiger partial charge in [0.1, 0.15) is 0 Å². The van der Waals surface area contributed by atoms with Crippen LogP contribution in [-0.4, -0.2) is 29.9 Å². The largest absolute Gasteiger partial charge is 0.335 e. The minimum absolute atomic E-state index is 0.327. The van der Waals surface area contributed by atoms with Gasteiger partial charge in [-0.3, -0.25) is 4.79 Å². The standard InChI is InChI=1S/C18H26N2OS/c1-2-3-4-5-17(21)20(13-15-6-11-22-14-15)16-12-18(16)7-9-19-10-8-18/h2,6,11,14,16,19H,1,3-5,7-10,12-13H2. The molecule has 2 aliphatic rings. The second kappa shape index (κ2) is 6.97. The summed E-state index contributed by atoms with van der Waals surface area (Å²) in [7, 11) is 0. The van der Waals surface area contributed by atoms with E-state index in [1.807, 2.05) is 6.08 Å². The van der Waals surface area contributed by atoms with E-state index in [4.69, 9.17) is 0 Å². The Kier molecular flexibility index (Phi) is 4.99. The molecule has 2 heterocycles. The summed E-state index contributed by atoms with van der Waals surface area (Å²) in [6, 6.07) is 2.61. The number of amides is 1. The third-order valence-electron chi connectivity index (χ3n) is 5.17. The average Bonchev–Trinajstić information content (AvgIpc) is 2.98. The lowest BCUT2D eigenvalue weighted by Crippen LogP contribution is -2.39. The number of thiophene rings is 1. The molecule has 1 aliphatic carbocycles. The van der Waals surface area contributed by atoms with Gasteiger partial charge in [0.25, 0.3) is 0 Å². The quantitative estimate of drug-likeness (QED) is 0.616. The van der Waals surface area contributed by atoms with Crippen molar-refractivity contribution >= 4 is 17.2 Å². The molecular weight excluding hydrogens is 292 g/mol. The molecule has 3 nitrogen and oxygen atoms in total. The fourth-order valence-corrected chi connectivity index (χ4v) is 4.38. The zero-order valence-electron chi connectivity index (χ0n) is 13.2. The van der Waals surface area contributed by atoms with Crippen molar-refractivity contribution in [2.75, 3.05) is 13.1 Å². The Bertz CT molecular complexity index is 505. The van der Waals surface area contributed by atoms with E-state index >= 15 is 0 Å². The minimum atomic E-state index is 0.327. The smallest absolute Gasteiger partial charge is 0.223 e. The average molecular weight is 318 g/mol. The lowest BCUT2D eigenvalue weighted by molar-refractivity contribution is -0.133. The van der Waals surface area contributed by atoms with Gasteiger partial charge in [0.05, 0.1) is 0 Å². The normalized spacial score (nSPS) is 22.5. The first-order chi connectivity index (χ1) is 10.7. The van der Waals surface area contributed by atoms with Gasteiger partial charge in [0, 0.05) is 19.0 Å². The first-order valence-electron chi connectivity index (χ1n) is 8.37. The van der Waals surface area contributed by atoms with E-state index in [9.17, 15) is 4.79 Å². The van der Waals surface area contributed by atoms with Gasteiger partial charge in [-0.25, -0.2) is 0 Å². The predicted molar refractivity (Wildman–Crippen MR) is 91.9 cm³/mol. The second-order valence-electron chi connectivity index (χ2n) is 6.67. The third kappa shape index (κ3) is 3.44. The van der Waals surface area contributed by atoms with Crippen LogP contribution in [0.15, 0.2) is 29.5 Å². The molecule has 120 valence electrons. The molecule has 4 heteroatoms. The van der Waals surface area contributed by atoms with Crippen LogP contribution in [0.3, 0.4) is 0 Å². The van der Waals surface area contributed by atoms with Crippen molar-refractivity contribution in [3.05, 3.63) is 35.0 Å². The van der Waals surface area contributed by atoms with Crippen molar-refractivity contribution in [1.29, 1.82) is 0 Å². The van der Waals surface area contributed by atoms with E-state index in [1.165, 1.54) is 24.8 Å². The van der Waals surface area contributed by atoms with Crippen LogP contribution in [0, 0.1) is 5.41 Å². The molecule has 1 atom stereocenters. The van der Waals surface area contributed by atoms with Gasteiger partial charge in [-0.15, -0.1) is 6.58 Å². The molecule has 1 amide bonds. The Balaban J connectivity index is 1.66. The number of piperidine rings is 1. The molecule has 0 bridgehead atoms. The van der Waals surface area contributed by atoms with Crippen molar-refractivity contribution in [3.63, 3.8) is 0 Å². The van der Waals surface area contributed by atoms with Gasteiger partial charge < -0.3 is 10.2 Å². The number of nitrogens with one attached hydrogen (secondary N) is 1. The summed E-state index contributed by atoms with van der Waals surface area (Å²) >= 11 is 1.71. The molecular formula is C18H26N2OS. The first-order valence-corrected chi connectivity index (χ1v) is 9.32. The molecule has 0 aromatic carbocycles. The molecule has 1 aromatic heterocycles. The molecule has 1 N–H and O–H groups in total. The third-order valence-corrected chi connectivity index (χ3v) is 5.91. The highest BCUT2D eigenvalue weighted by Crippen LogP contribution is 2.56. The van der Waals surface area contributed by atoms with Gasteiger partial charge in [-0.05, 0) is 73.0 Å². The number of hydrogen-bond donors (Lipinski definition) is 1. The number of rotatable bonds is 7. The SMILES string of the molecule is C=CCCCC(=O)N(Cc1ccsc1)C1CC12CCNCC2. The highest BCUT2D eigenvalue weighted by molar-refractivity contribution is 7.07. The summed E-state index contributed by atoms with van der Waals surface area (Å²) in [4.78, 5) is 14.9. The first kappa shape index (κ1) is 15.8. The molecule has 2 fully saturated rings. The van der Waals surface area contributed by atoms with Crippen molar-refractivity contribution < 1.29 is 4.79 Å². The molecule has 1 aliphatic heterocycles.